The lowest BCUT2D eigenvalue weighted by Gasteiger charge is -2.39. The molecule has 2 bridgehead atoms. The number of fused-ring (bicyclic) bond motifs is 6. The number of hydrogen-bond donors (Lipinski definition) is 0. The molecule has 0 spiro atoms. The van der Waals surface area contributed by atoms with Gasteiger partial charge in [0.05, 0.1) is 16.8 Å². The first kappa shape index (κ1) is 13.8. The predicted octanol–water partition coefficient (Wildman–Crippen LogP) is 2.05. The first-order chi connectivity index (χ1) is 11.6. The van der Waals surface area contributed by atoms with E-state index in [4.69, 9.17) is 14.1 Å². The zero-order valence-electron chi connectivity index (χ0n) is 12.9. The molecule has 3 aromatic rings. The maximum absolute atomic E-state index is 13.0. The Bertz CT molecular complexity index is 1110. The molecule has 0 fully saturated rings. The van der Waals surface area contributed by atoms with Crippen molar-refractivity contribution < 1.29 is 9.15 Å². The van der Waals surface area contributed by atoms with Gasteiger partial charge in [0.25, 0.3) is 5.56 Å². The zero-order valence-corrected chi connectivity index (χ0v) is 13.7. The second-order valence-corrected chi connectivity index (χ2v) is 7.24. The topological polar surface area (TPSA) is 56.7 Å². The number of nitrogens with zero attached hydrogens (tertiary/aromatic N) is 2. The van der Waals surface area contributed by atoms with Crippen molar-refractivity contribution in [2.75, 3.05) is 0 Å². The molecule has 0 saturated carbocycles. The SMILES string of the molecule is C[C@@]12C[C@H](c3ccccc3O1)n1c(s/c(=C\c3ccco3)c1=O)=N2. The molecule has 24 heavy (non-hydrogen) atoms. The molecule has 5 rings (SSSR count). The third-order valence-electron chi connectivity index (χ3n) is 4.48. The lowest BCUT2D eigenvalue weighted by atomic mass is 9.93. The largest absolute Gasteiger partial charge is 0.466 e. The second kappa shape index (κ2) is 4.70. The number of ether oxygens (including phenoxy) is 1. The molecule has 0 saturated heterocycles. The van der Waals surface area contributed by atoms with Crippen LogP contribution in [0, 0.1) is 0 Å². The molecule has 6 heteroatoms. The van der Waals surface area contributed by atoms with Crippen molar-refractivity contribution in [2.45, 2.75) is 25.1 Å². The predicted molar refractivity (Wildman–Crippen MR) is 89.9 cm³/mol. The Hall–Kier alpha value is -2.60. The van der Waals surface area contributed by atoms with Gasteiger partial charge in [0.2, 0.25) is 5.72 Å². The van der Waals surface area contributed by atoms with Gasteiger partial charge in [0.15, 0.2) is 4.80 Å². The highest BCUT2D eigenvalue weighted by Gasteiger charge is 2.42. The summed E-state index contributed by atoms with van der Waals surface area (Å²) in [6, 6.07) is 11.5. The van der Waals surface area contributed by atoms with Crippen LogP contribution in [-0.4, -0.2) is 10.3 Å². The molecule has 0 N–H and O–H groups in total. The number of thiazole rings is 1. The molecule has 2 aliphatic heterocycles. The van der Waals surface area contributed by atoms with Crippen molar-refractivity contribution in [3.8, 4) is 5.75 Å². The second-order valence-electron chi connectivity index (χ2n) is 6.23. The van der Waals surface area contributed by atoms with Gasteiger partial charge < -0.3 is 9.15 Å². The fourth-order valence-corrected chi connectivity index (χ4v) is 4.54. The smallest absolute Gasteiger partial charge is 0.270 e. The Balaban J connectivity index is 1.80. The van der Waals surface area contributed by atoms with E-state index in [0.717, 1.165) is 11.3 Å². The van der Waals surface area contributed by atoms with E-state index in [0.29, 0.717) is 21.5 Å². The number of para-hydroxylation sites is 1. The van der Waals surface area contributed by atoms with Gasteiger partial charge in [-0.25, -0.2) is 4.99 Å². The van der Waals surface area contributed by atoms with Crippen molar-refractivity contribution in [3.63, 3.8) is 0 Å². The van der Waals surface area contributed by atoms with Crippen LogP contribution in [0.5, 0.6) is 5.75 Å². The molecule has 2 atom stereocenters. The lowest BCUT2D eigenvalue weighted by molar-refractivity contribution is 0.0410. The van der Waals surface area contributed by atoms with Gasteiger partial charge in [-0.05, 0) is 25.1 Å². The summed E-state index contributed by atoms with van der Waals surface area (Å²) in [4.78, 5) is 18.4. The molecule has 0 amide bonds. The molecule has 120 valence electrons. The summed E-state index contributed by atoms with van der Waals surface area (Å²) in [5.41, 5.74) is 0.382. The maximum Gasteiger partial charge on any atom is 0.270 e. The van der Waals surface area contributed by atoms with Gasteiger partial charge in [0, 0.05) is 18.1 Å². The Labute approximate surface area is 141 Å². The van der Waals surface area contributed by atoms with Crippen molar-refractivity contribution in [1.82, 2.24) is 4.57 Å². The number of aromatic nitrogens is 1. The quantitative estimate of drug-likeness (QED) is 0.682. The Morgan fingerprint density at radius 1 is 1.33 bits per heavy atom. The van der Waals surface area contributed by atoms with Gasteiger partial charge in [-0.1, -0.05) is 29.5 Å². The van der Waals surface area contributed by atoms with Crippen molar-refractivity contribution in [1.29, 1.82) is 0 Å². The Morgan fingerprint density at radius 2 is 2.21 bits per heavy atom. The molecule has 0 unspecified atom stereocenters. The Morgan fingerprint density at radius 3 is 3.04 bits per heavy atom. The minimum atomic E-state index is -0.627. The summed E-state index contributed by atoms with van der Waals surface area (Å²) in [5, 5.41) is 0. The highest BCUT2D eigenvalue weighted by molar-refractivity contribution is 7.07. The molecule has 1 aromatic carbocycles. The van der Waals surface area contributed by atoms with Gasteiger partial charge in [-0.15, -0.1) is 0 Å². The summed E-state index contributed by atoms with van der Waals surface area (Å²) >= 11 is 1.38. The number of benzene rings is 1. The van der Waals surface area contributed by atoms with Crippen LogP contribution >= 0.6 is 11.3 Å². The van der Waals surface area contributed by atoms with Crippen LogP contribution in [0.2, 0.25) is 0 Å². The molecular formula is C18H14N2O3S. The minimum Gasteiger partial charge on any atom is -0.466 e. The van der Waals surface area contributed by atoms with E-state index in [9.17, 15) is 4.79 Å². The third-order valence-corrected chi connectivity index (χ3v) is 5.46. The molecule has 4 heterocycles. The van der Waals surface area contributed by atoms with Crippen LogP contribution in [-0.2, 0) is 0 Å². The zero-order chi connectivity index (χ0) is 16.3. The van der Waals surface area contributed by atoms with E-state index < -0.39 is 5.72 Å². The average Bonchev–Trinajstić information content (AvgIpc) is 3.16. The summed E-state index contributed by atoms with van der Waals surface area (Å²) in [6.45, 7) is 1.97. The highest BCUT2D eigenvalue weighted by atomic mass is 32.1. The van der Waals surface area contributed by atoms with Crippen LogP contribution in [0.4, 0.5) is 0 Å². The number of hydrogen-bond acceptors (Lipinski definition) is 5. The van der Waals surface area contributed by atoms with E-state index in [-0.39, 0.29) is 11.6 Å². The monoisotopic (exact) mass is 338 g/mol. The van der Waals surface area contributed by atoms with E-state index >= 15 is 0 Å². The molecular weight excluding hydrogens is 324 g/mol. The molecule has 2 aliphatic rings. The third kappa shape index (κ3) is 1.93. The Kier molecular flexibility index (Phi) is 2.71. The van der Waals surface area contributed by atoms with Crippen molar-refractivity contribution in [3.05, 3.63) is 73.7 Å². The standard InChI is InChI=1S/C18H14N2O3S/c1-18-10-13(12-6-2-3-7-14(12)23-18)20-16(21)15(24-17(20)19-18)9-11-5-4-8-22-11/h2-9,13H,10H2,1H3/b15-9-/t13-,18+/m1/s1. The summed E-state index contributed by atoms with van der Waals surface area (Å²) in [7, 11) is 0. The van der Waals surface area contributed by atoms with Crippen molar-refractivity contribution >= 4 is 17.4 Å². The van der Waals surface area contributed by atoms with Gasteiger partial charge in [-0.3, -0.25) is 9.36 Å². The lowest BCUT2D eigenvalue weighted by Crippen LogP contribution is -2.49. The first-order valence-corrected chi connectivity index (χ1v) is 8.59. The fourth-order valence-electron chi connectivity index (χ4n) is 3.44. The van der Waals surface area contributed by atoms with E-state index in [2.05, 4.69) is 0 Å². The first-order valence-electron chi connectivity index (χ1n) is 7.77. The molecule has 2 aromatic heterocycles. The van der Waals surface area contributed by atoms with Crippen LogP contribution in [0.3, 0.4) is 0 Å². The average molecular weight is 338 g/mol. The molecule has 0 radical (unpaired) electrons. The maximum atomic E-state index is 13.0. The van der Waals surface area contributed by atoms with E-state index in [1.54, 1.807) is 23.0 Å². The summed E-state index contributed by atoms with van der Waals surface area (Å²) in [6.07, 6.45) is 4.03. The molecule has 5 nitrogen and oxygen atoms in total. The van der Waals surface area contributed by atoms with Gasteiger partial charge >= 0.3 is 0 Å². The summed E-state index contributed by atoms with van der Waals surface area (Å²) < 4.78 is 13.8. The van der Waals surface area contributed by atoms with Crippen molar-refractivity contribution in [2.24, 2.45) is 4.99 Å². The minimum absolute atomic E-state index is 0.0288. The normalized spacial score (nSPS) is 24.7. The van der Waals surface area contributed by atoms with E-state index in [1.165, 1.54) is 11.3 Å². The summed E-state index contributed by atoms with van der Waals surface area (Å²) in [5.74, 6) is 1.47. The number of furan rings is 1. The van der Waals surface area contributed by atoms with Crippen LogP contribution < -0.4 is 19.6 Å². The highest BCUT2D eigenvalue weighted by Crippen LogP contribution is 2.42. The van der Waals surface area contributed by atoms with Gasteiger partial charge in [-0.2, -0.15) is 0 Å². The number of rotatable bonds is 1. The molecule has 0 aliphatic carbocycles. The van der Waals surface area contributed by atoms with Crippen LogP contribution in [0.25, 0.3) is 6.08 Å². The van der Waals surface area contributed by atoms with Crippen LogP contribution in [0.15, 0.2) is 56.9 Å². The fraction of sp³-hybridized carbons (Fsp3) is 0.222. The van der Waals surface area contributed by atoms with E-state index in [1.807, 2.05) is 37.3 Å². The van der Waals surface area contributed by atoms with Gasteiger partial charge in [0.1, 0.15) is 11.5 Å². The van der Waals surface area contributed by atoms with Crippen LogP contribution in [0.1, 0.15) is 30.7 Å².